The second-order valence-electron chi connectivity index (χ2n) is 6.83. The molecule has 0 bridgehead atoms. The predicted octanol–water partition coefficient (Wildman–Crippen LogP) is 2.47. The summed E-state index contributed by atoms with van der Waals surface area (Å²) in [4.78, 5) is 10.8. The van der Waals surface area contributed by atoms with E-state index in [1.54, 1.807) is 32.2 Å². The summed E-state index contributed by atoms with van der Waals surface area (Å²) in [7, 11) is -0.816. The SMILES string of the molecule is COc1ccc(/C(C)=N\Nc2ccc(S(=O)(=O)N3CCOCC3)cc2[N+](=O)[O-])c(OC)c1. The Morgan fingerprint density at radius 3 is 2.50 bits per heavy atom. The first kappa shape index (κ1) is 23.4. The van der Waals surface area contributed by atoms with Crippen molar-refractivity contribution in [1.29, 1.82) is 0 Å². The number of hydrogen-bond donors (Lipinski definition) is 1. The van der Waals surface area contributed by atoms with E-state index in [-0.39, 0.29) is 36.9 Å². The number of morpholine rings is 1. The lowest BCUT2D eigenvalue weighted by Gasteiger charge is -2.26. The summed E-state index contributed by atoms with van der Waals surface area (Å²) in [5.74, 6) is 1.13. The summed E-state index contributed by atoms with van der Waals surface area (Å²) in [6.45, 7) is 2.67. The third-order valence-electron chi connectivity index (χ3n) is 4.92. The van der Waals surface area contributed by atoms with Gasteiger partial charge in [0.25, 0.3) is 5.69 Å². The van der Waals surface area contributed by atoms with E-state index in [0.717, 1.165) is 6.07 Å². The first-order valence-electron chi connectivity index (χ1n) is 9.67. The molecule has 3 rings (SSSR count). The minimum absolute atomic E-state index is 0.0581. The number of hydrogen-bond acceptors (Lipinski definition) is 9. The molecule has 0 saturated carbocycles. The molecule has 0 amide bonds. The first-order chi connectivity index (χ1) is 15.3. The van der Waals surface area contributed by atoms with E-state index in [0.29, 0.717) is 22.8 Å². The molecule has 12 heteroatoms. The lowest BCUT2D eigenvalue weighted by atomic mass is 10.1. The van der Waals surface area contributed by atoms with Crippen molar-refractivity contribution in [2.75, 3.05) is 45.9 Å². The van der Waals surface area contributed by atoms with Crippen LogP contribution in [-0.4, -0.2) is 63.9 Å². The largest absolute Gasteiger partial charge is 0.497 e. The predicted molar refractivity (Wildman–Crippen MR) is 118 cm³/mol. The fourth-order valence-electron chi connectivity index (χ4n) is 3.16. The summed E-state index contributed by atoms with van der Waals surface area (Å²) in [5, 5.41) is 15.8. The number of methoxy groups -OCH3 is 2. The van der Waals surface area contributed by atoms with Crippen LogP contribution in [0.4, 0.5) is 11.4 Å². The Kier molecular flexibility index (Phi) is 7.28. The molecule has 1 N–H and O–H groups in total. The number of benzene rings is 2. The average Bonchev–Trinajstić information content (AvgIpc) is 2.82. The van der Waals surface area contributed by atoms with Crippen molar-refractivity contribution in [3.8, 4) is 11.5 Å². The summed E-state index contributed by atoms with van der Waals surface area (Å²) in [6.07, 6.45) is 0. The smallest absolute Gasteiger partial charge is 0.295 e. The minimum Gasteiger partial charge on any atom is -0.497 e. The van der Waals surface area contributed by atoms with Crippen LogP contribution in [-0.2, 0) is 14.8 Å². The molecule has 32 heavy (non-hydrogen) atoms. The molecular weight excluding hydrogens is 440 g/mol. The topological polar surface area (TPSA) is 133 Å². The Bertz CT molecular complexity index is 1130. The number of sulfonamides is 1. The molecule has 1 aliphatic heterocycles. The lowest BCUT2D eigenvalue weighted by molar-refractivity contribution is -0.384. The van der Waals surface area contributed by atoms with Crippen molar-refractivity contribution in [3.63, 3.8) is 0 Å². The van der Waals surface area contributed by atoms with E-state index in [1.807, 2.05) is 0 Å². The van der Waals surface area contributed by atoms with Crippen LogP contribution in [0.2, 0.25) is 0 Å². The zero-order valence-electron chi connectivity index (χ0n) is 17.9. The van der Waals surface area contributed by atoms with Gasteiger partial charge in [-0.05, 0) is 31.2 Å². The molecule has 1 saturated heterocycles. The van der Waals surface area contributed by atoms with E-state index >= 15 is 0 Å². The Labute approximate surface area is 185 Å². The fraction of sp³-hybridized carbons (Fsp3) is 0.350. The second-order valence-corrected chi connectivity index (χ2v) is 8.77. The van der Waals surface area contributed by atoms with E-state index in [9.17, 15) is 18.5 Å². The van der Waals surface area contributed by atoms with E-state index < -0.39 is 20.6 Å². The molecule has 0 spiro atoms. The third-order valence-corrected chi connectivity index (χ3v) is 6.81. The van der Waals surface area contributed by atoms with Crippen molar-refractivity contribution < 1.29 is 27.6 Å². The van der Waals surface area contributed by atoms with Gasteiger partial charge in [0.05, 0.1) is 43.0 Å². The van der Waals surface area contributed by atoms with Gasteiger partial charge in [-0.15, -0.1) is 0 Å². The Balaban J connectivity index is 1.89. The molecule has 1 heterocycles. The van der Waals surface area contributed by atoms with Gasteiger partial charge in [0.2, 0.25) is 10.0 Å². The van der Waals surface area contributed by atoms with E-state index in [4.69, 9.17) is 14.2 Å². The van der Waals surface area contributed by atoms with Crippen LogP contribution in [0.15, 0.2) is 46.4 Å². The Morgan fingerprint density at radius 1 is 1.16 bits per heavy atom. The number of rotatable bonds is 8. The van der Waals surface area contributed by atoms with Crippen LogP contribution in [0.1, 0.15) is 12.5 Å². The number of nitro groups is 1. The van der Waals surface area contributed by atoms with Gasteiger partial charge in [0, 0.05) is 30.8 Å². The number of nitrogens with zero attached hydrogens (tertiary/aromatic N) is 3. The van der Waals surface area contributed by atoms with Crippen molar-refractivity contribution in [3.05, 3.63) is 52.1 Å². The van der Waals surface area contributed by atoms with Crippen LogP contribution >= 0.6 is 0 Å². The van der Waals surface area contributed by atoms with Crippen molar-refractivity contribution >= 4 is 27.1 Å². The molecule has 0 radical (unpaired) electrons. The Hall–Kier alpha value is -3.22. The maximum absolute atomic E-state index is 12.8. The van der Waals surface area contributed by atoms with Crippen molar-refractivity contribution in [1.82, 2.24) is 4.31 Å². The van der Waals surface area contributed by atoms with Gasteiger partial charge >= 0.3 is 0 Å². The normalized spacial score (nSPS) is 15.3. The van der Waals surface area contributed by atoms with Gasteiger partial charge in [-0.25, -0.2) is 8.42 Å². The van der Waals surface area contributed by atoms with Crippen LogP contribution < -0.4 is 14.9 Å². The maximum atomic E-state index is 12.8. The van der Waals surface area contributed by atoms with Gasteiger partial charge in [0.1, 0.15) is 17.2 Å². The number of hydrazone groups is 1. The standard InChI is InChI=1S/C20H24N4O7S/c1-14(17-6-4-15(29-2)12-20(17)30-3)21-22-18-7-5-16(13-19(18)24(25)26)32(27,28)23-8-10-31-11-9-23/h4-7,12-13,22H,8-11H2,1-3H3/b21-14-. The quantitative estimate of drug-likeness (QED) is 0.358. The molecule has 0 aliphatic carbocycles. The fourth-order valence-corrected chi connectivity index (χ4v) is 4.58. The molecule has 2 aromatic carbocycles. The van der Waals surface area contributed by atoms with Crippen molar-refractivity contribution in [2.45, 2.75) is 11.8 Å². The van der Waals surface area contributed by atoms with Gasteiger partial charge in [-0.2, -0.15) is 9.41 Å². The highest BCUT2D eigenvalue weighted by Gasteiger charge is 2.29. The van der Waals surface area contributed by atoms with Gasteiger partial charge in [-0.1, -0.05) is 0 Å². The monoisotopic (exact) mass is 464 g/mol. The van der Waals surface area contributed by atoms with Crippen LogP contribution in [0.3, 0.4) is 0 Å². The maximum Gasteiger partial charge on any atom is 0.295 e. The molecule has 1 aliphatic rings. The molecule has 0 atom stereocenters. The molecular formula is C20H24N4O7S. The Morgan fingerprint density at radius 2 is 1.88 bits per heavy atom. The lowest BCUT2D eigenvalue weighted by Crippen LogP contribution is -2.40. The molecule has 2 aromatic rings. The van der Waals surface area contributed by atoms with E-state index in [1.165, 1.54) is 23.5 Å². The summed E-state index contributed by atoms with van der Waals surface area (Å²) in [6, 6.07) is 8.87. The molecule has 1 fully saturated rings. The molecule has 0 aromatic heterocycles. The third kappa shape index (κ3) is 4.98. The molecule has 11 nitrogen and oxygen atoms in total. The zero-order chi connectivity index (χ0) is 23.3. The van der Waals surface area contributed by atoms with Gasteiger partial charge < -0.3 is 14.2 Å². The number of ether oxygens (including phenoxy) is 3. The second kappa shape index (κ2) is 9.94. The summed E-state index contributed by atoms with van der Waals surface area (Å²) >= 11 is 0. The molecule has 172 valence electrons. The minimum atomic E-state index is -3.87. The van der Waals surface area contributed by atoms with Crippen LogP contribution in [0.25, 0.3) is 0 Å². The van der Waals surface area contributed by atoms with Crippen molar-refractivity contribution in [2.24, 2.45) is 5.10 Å². The summed E-state index contributed by atoms with van der Waals surface area (Å²) < 4.78 is 42.6. The zero-order valence-corrected chi connectivity index (χ0v) is 18.7. The van der Waals surface area contributed by atoms with Gasteiger partial charge in [0.15, 0.2) is 0 Å². The highest BCUT2D eigenvalue weighted by molar-refractivity contribution is 7.89. The number of anilines is 1. The average molecular weight is 465 g/mol. The number of nitrogens with one attached hydrogen (secondary N) is 1. The van der Waals surface area contributed by atoms with Crippen LogP contribution in [0, 0.1) is 10.1 Å². The van der Waals surface area contributed by atoms with Gasteiger partial charge in [-0.3, -0.25) is 15.5 Å². The number of nitro benzene ring substituents is 1. The highest BCUT2D eigenvalue weighted by atomic mass is 32.2. The summed E-state index contributed by atoms with van der Waals surface area (Å²) in [5.41, 5.74) is 3.48. The van der Waals surface area contributed by atoms with Crippen LogP contribution in [0.5, 0.6) is 11.5 Å². The molecule has 0 unspecified atom stereocenters. The van der Waals surface area contributed by atoms with E-state index in [2.05, 4.69) is 10.5 Å². The highest BCUT2D eigenvalue weighted by Crippen LogP contribution is 2.30. The first-order valence-corrected chi connectivity index (χ1v) is 11.1.